The Kier molecular flexibility index (Phi) is 19.0. The molecule has 5 N–H and O–H groups in total. The molecule has 2 unspecified atom stereocenters. The molecule has 0 saturated carbocycles. The summed E-state index contributed by atoms with van der Waals surface area (Å²) in [5.41, 5.74) is 6.02. The van der Waals surface area contributed by atoms with Crippen LogP contribution < -0.4 is 31.2 Å². The lowest BCUT2D eigenvalue weighted by Crippen LogP contribution is -2.47. The summed E-state index contributed by atoms with van der Waals surface area (Å²) < 4.78 is 16.8. The number of thioether (sulfide) groups is 1. The topological polar surface area (TPSA) is 213 Å². The number of unbranched alkanes of at least 4 members (excludes halogenated alkanes) is 2. The number of esters is 1. The predicted octanol–water partition coefficient (Wildman–Crippen LogP) is 2.78. The van der Waals surface area contributed by atoms with E-state index in [1.54, 1.807) is 12.1 Å². The Morgan fingerprint density at radius 3 is 2.37 bits per heavy atom. The molecule has 51 heavy (non-hydrogen) atoms. The number of ketones is 1. The molecule has 0 aromatic heterocycles. The van der Waals surface area contributed by atoms with Crippen molar-refractivity contribution in [2.45, 2.75) is 95.5 Å². The second-order valence-corrected chi connectivity index (χ2v) is 13.5. The Balaban J connectivity index is 2.04. The lowest BCUT2D eigenvalue weighted by atomic mass is 9.98. The third kappa shape index (κ3) is 14.2. The number of methoxy groups -OCH3 is 1. The number of alkyl carbamates (subject to hydrolysis) is 1. The summed E-state index contributed by atoms with van der Waals surface area (Å²) in [5.74, 6) is -1.60. The molecular weight excluding hydrogens is 682 g/mol. The van der Waals surface area contributed by atoms with Crippen LogP contribution in [-0.2, 0) is 33.5 Å². The Labute approximate surface area is 303 Å². The van der Waals surface area contributed by atoms with Crippen LogP contribution in [0.15, 0.2) is 18.2 Å². The Morgan fingerprint density at radius 1 is 0.980 bits per heavy atom. The van der Waals surface area contributed by atoms with E-state index in [1.807, 2.05) is 13.8 Å². The van der Waals surface area contributed by atoms with E-state index >= 15 is 0 Å². The standard InChI is InChI=1S/C35H53N5O10S/c1-6-22(2)32(39-30(43)10-8-7-9-17-36)34(46)49-26-13-11-23(20-27(26)48-5)25(50-35(47)38-4)14-12-24(41)16-19-51-28-21-31(44)40(33(28)45)18-15-29(42)37-3/h11,13,20,22,25,28,32H,6-10,12,14-19,21,36H2,1-5H3,(H,37,42)(H,38,47)(H,39,43)/t22-,25?,28?,32-/m0/s1. The van der Waals surface area contributed by atoms with E-state index in [0.29, 0.717) is 30.7 Å². The molecule has 0 bridgehead atoms. The zero-order chi connectivity index (χ0) is 37.9. The molecule has 1 aromatic carbocycles. The van der Waals surface area contributed by atoms with Gasteiger partial charge in [0, 0.05) is 58.5 Å². The van der Waals surface area contributed by atoms with Crippen molar-refractivity contribution < 1.29 is 47.8 Å². The third-order valence-electron chi connectivity index (χ3n) is 8.54. The van der Waals surface area contributed by atoms with E-state index in [0.717, 1.165) is 17.7 Å². The van der Waals surface area contributed by atoms with E-state index in [1.165, 1.54) is 39.0 Å². The summed E-state index contributed by atoms with van der Waals surface area (Å²) in [6.07, 6.45) is 2.00. The van der Waals surface area contributed by atoms with Gasteiger partial charge in [-0.25, -0.2) is 9.59 Å². The van der Waals surface area contributed by atoms with Gasteiger partial charge in [0.2, 0.25) is 23.6 Å². The number of carbonyl (C=O) groups excluding carboxylic acids is 7. The van der Waals surface area contributed by atoms with E-state index in [2.05, 4.69) is 16.0 Å². The van der Waals surface area contributed by atoms with Gasteiger partial charge in [0.15, 0.2) is 11.5 Å². The van der Waals surface area contributed by atoms with Crippen molar-refractivity contribution in [3.05, 3.63) is 23.8 Å². The van der Waals surface area contributed by atoms with Gasteiger partial charge < -0.3 is 35.9 Å². The molecule has 0 spiro atoms. The van der Waals surface area contributed by atoms with E-state index < -0.39 is 29.5 Å². The Hall–Kier alpha value is -4.18. The van der Waals surface area contributed by atoms with Crippen molar-refractivity contribution >= 4 is 53.2 Å². The summed E-state index contributed by atoms with van der Waals surface area (Å²) in [6, 6.07) is 3.79. The predicted molar refractivity (Wildman–Crippen MR) is 191 cm³/mol. The van der Waals surface area contributed by atoms with Gasteiger partial charge in [0.1, 0.15) is 17.9 Å². The number of likely N-dealkylation sites (tertiary alicyclic amines) is 1. The highest BCUT2D eigenvalue weighted by atomic mass is 32.2. The second kappa shape index (κ2) is 22.6. The maximum atomic E-state index is 13.3. The summed E-state index contributed by atoms with van der Waals surface area (Å²) >= 11 is 1.22. The summed E-state index contributed by atoms with van der Waals surface area (Å²) in [6.45, 7) is 4.33. The normalized spacial score (nSPS) is 15.8. The van der Waals surface area contributed by atoms with Crippen molar-refractivity contribution in [2.24, 2.45) is 11.7 Å². The number of imide groups is 1. The van der Waals surface area contributed by atoms with Crippen LogP contribution in [0.5, 0.6) is 11.5 Å². The average Bonchev–Trinajstić information content (AvgIpc) is 3.39. The van der Waals surface area contributed by atoms with Crippen molar-refractivity contribution in [3.8, 4) is 11.5 Å². The quantitative estimate of drug-likeness (QED) is 0.0553. The average molecular weight is 736 g/mol. The highest BCUT2D eigenvalue weighted by Crippen LogP contribution is 2.34. The monoisotopic (exact) mass is 735 g/mol. The molecule has 284 valence electrons. The first-order valence-electron chi connectivity index (χ1n) is 17.3. The first-order chi connectivity index (χ1) is 24.4. The number of amides is 5. The fourth-order valence-electron chi connectivity index (χ4n) is 5.23. The number of nitrogens with two attached hydrogens (primary N) is 1. The second-order valence-electron chi connectivity index (χ2n) is 12.2. The molecule has 1 aromatic rings. The van der Waals surface area contributed by atoms with Crippen LogP contribution in [0.25, 0.3) is 0 Å². The summed E-state index contributed by atoms with van der Waals surface area (Å²) in [7, 11) is 4.28. The number of hydrogen-bond acceptors (Lipinski definition) is 12. The molecule has 1 fully saturated rings. The maximum absolute atomic E-state index is 13.3. The van der Waals surface area contributed by atoms with E-state index in [-0.39, 0.29) is 91.9 Å². The van der Waals surface area contributed by atoms with Crippen LogP contribution in [0.2, 0.25) is 0 Å². The molecular formula is C35H53N5O10S. The number of ether oxygens (including phenoxy) is 3. The Morgan fingerprint density at radius 2 is 1.73 bits per heavy atom. The van der Waals surface area contributed by atoms with Gasteiger partial charge in [-0.2, -0.15) is 0 Å². The number of rotatable bonds is 23. The van der Waals surface area contributed by atoms with Crippen LogP contribution in [-0.4, -0.2) is 97.7 Å². The summed E-state index contributed by atoms with van der Waals surface area (Å²) in [4.78, 5) is 88.5. The van der Waals surface area contributed by atoms with Gasteiger partial charge in [-0.1, -0.05) is 32.8 Å². The number of hydrogen-bond donors (Lipinski definition) is 4. The SMILES string of the molecule is CC[C@H](C)[C@H](NC(=O)CCCCCN)C(=O)Oc1ccc(C(CCC(=O)CCSC2CC(=O)N(CCC(=O)NC)C2=O)OC(=O)NC)cc1OC. The zero-order valence-electron chi connectivity index (χ0n) is 30.2. The molecule has 15 nitrogen and oxygen atoms in total. The van der Waals surface area contributed by atoms with Crippen molar-refractivity contribution in [1.82, 2.24) is 20.9 Å². The fraction of sp³-hybridized carbons (Fsp3) is 0.629. The van der Waals surface area contributed by atoms with Gasteiger partial charge in [0.05, 0.1) is 12.4 Å². The zero-order valence-corrected chi connectivity index (χ0v) is 31.1. The molecule has 0 aliphatic carbocycles. The van der Waals surface area contributed by atoms with Crippen LogP contribution in [0, 0.1) is 5.92 Å². The minimum atomic E-state index is -0.880. The largest absolute Gasteiger partial charge is 0.493 e. The van der Waals surface area contributed by atoms with Crippen LogP contribution in [0.1, 0.15) is 89.7 Å². The number of benzene rings is 1. The minimum Gasteiger partial charge on any atom is -0.493 e. The van der Waals surface area contributed by atoms with Gasteiger partial charge in [-0.15, -0.1) is 11.8 Å². The molecule has 2 rings (SSSR count). The molecule has 16 heteroatoms. The first kappa shape index (κ1) is 43.0. The van der Waals surface area contributed by atoms with Crippen molar-refractivity contribution in [3.63, 3.8) is 0 Å². The van der Waals surface area contributed by atoms with E-state index in [9.17, 15) is 33.6 Å². The molecule has 1 aliphatic heterocycles. The Bertz CT molecular complexity index is 1380. The molecule has 1 aliphatic rings. The molecule has 0 radical (unpaired) electrons. The number of nitrogens with zero attached hydrogens (tertiary/aromatic N) is 1. The first-order valence-corrected chi connectivity index (χ1v) is 18.4. The summed E-state index contributed by atoms with van der Waals surface area (Å²) in [5, 5.41) is 7.05. The van der Waals surface area contributed by atoms with Gasteiger partial charge in [-0.3, -0.25) is 28.9 Å². The maximum Gasteiger partial charge on any atom is 0.407 e. The molecule has 1 saturated heterocycles. The van der Waals surface area contributed by atoms with Crippen molar-refractivity contribution in [2.75, 3.05) is 40.0 Å². The molecule has 5 amide bonds. The van der Waals surface area contributed by atoms with Crippen LogP contribution >= 0.6 is 11.8 Å². The molecule has 1 heterocycles. The molecule has 4 atom stereocenters. The fourth-order valence-corrected chi connectivity index (χ4v) is 6.39. The number of nitrogens with one attached hydrogen (secondary N) is 3. The van der Waals surface area contributed by atoms with Crippen LogP contribution in [0.4, 0.5) is 4.79 Å². The number of carbonyl (C=O) groups is 7. The van der Waals surface area contributed by atoms with Crippen molar-refractivity contribution in [1.29, 1.82) is 0 Å². The third-order valence-corrected chi connectivity index (χ3v) is 9.75. The highest BCUT2D eigenvalue weighted by molar-refractivity contribution is 8.00. The highest BCUT2D eigenvalue weighted by Gasteiger charge is 2.38. The lowest BCUT2D eigenvalue weighted by molar-refractivity contribution is -0.141. The van der Waals surface area contributed by atoms with Gasteiger partial charge >= 0.3 is 12.1 Å². The smallest absolute Gasteiger partial charge is 0.407 e. The van der Waals surface area contributed by atoms with E-state index in [4.69, 9.17) is 19.9 Å². The number of Topliss-reactive ketones (excluding diaryl/α,β-unsaturated/α-hetero) is 1. The minimum absolute atomic E-state index is 0.0152. The van der Waals surface area contributed by atoms with Gasteiger partial charge in [-0.05, 0) is 49.4 Å². The van der Waals surface area contributed by atoms with Crippen LogP contribution in [0.3, 0.4) is 0 Å². The lowest BCUT2D eigenvalue weighted by Gasteiger charge is -2.23. The van der Waals surface area contributed by atoms with Gasteiger partial charge in [0.25, 0.3) is 0 Å².